The number of aliphatic hydroxyl groups excluding tert-OH is 1. The number of aliphatic hydroxyl groups is 1. The van der Waals surface area contributed by atoms with E-state index in [-0.39, 0.29) is 5.78 Å². The number of hydrogen-bond donors (Lipinski definition) is 1. The number of benzene rings is 6. The molecule has 0 radical (unpaired) electrons. The van der Waals surface area contributed by atoms with Crippen molar-refractivity contribution in [3.63, 3.8) is 0 Å². The molecule has 2 nitrogen and oxygen atoms in total. The van der Waals surface area contributed by atoms with Gasteiger partial charge in [-0.15, -0.1) is 0 Å². The summed E-state index contributed by atoms with van der Waals surface area (Å²) >= 11 is 0. The van der Waals surface area contributed by atoms with Gasteiger partial charge < -0.3 is 5.11 Å². The molecule has 47 heavy (non-hydrogen) atoms. The molecule has 2 aliphatic carbocycles. The summed E-state index contributed by atoms with van der Waals surface area (Å²) in [6.07, 6.45) is -0.766. The molecule has 0 aromatic heterocycles. The van der Waals surface area contributed by atoms with Gasteiger partial charge in [-0.25, -0.2) is 0 Å². The van der Waals surface area contributed by atoms with Crippen molar-refractivity contribution in [3.8, 4) is 22.3 Å². The second kappa shape index (κ2) is 10.5. The van der Waals surface area contributed by atoms with Crippen molar-refractivity contribution in [2.45, 2.75) is 53.1 Å². The summed E-state index contributed by atoms with van der Waals surface area (Å²) in [5, 5.41) is 12.0. The molecule has 0 aliphatic heterocycles. The molecule has 0 amide bonds. The molecule has 1 spiro atoms. The fourth-order valence-electron chi connectivity index (χ4n) is 8.94. The molecule has 6 aromatic carbocycles. The number of hydrogen-bond acceptors (Lipinski definition) is 2. The van der Waals surface area contributed by atoms with E-state index in [0.29, 0.717) is 5.56 Å². The minimum absolute atomic E-state index is 0.0508. The maximum Gasteiger partial charge on any atom is 0.193 e. The van der Waals surface area contributed by atoms with Crippen molar-refractivity contribution >= 4 is 5.78 Å². The van der Waals surface area contributed by atoms with Gasteiger partial charge >= 0.3 is 0 Å². The van der Waals surface area contributed by atoms with Crippen molar-refractivity contribution in [2.75, 3.05) is 0 Å². The molecule has 2 unspecified atom stereocenters. The summed E-state index contributed by atoms with van der Waals surface area (Å²) in [6.45, 7) is 12.4. The SMILES string of the molecule is Cc1cc(C)c(C(=O)c2ccc3c(c2)C2(c4ccccc4-3)c3ccccc3-c3ccc(C(O)c4c(C)cc(C)cc4C)cc32)c(C)c1. The van der Waals surface area contributed by atoms with Gasteiger partial charge in [0.05, 0.1) is 5.41 Å². The highest BCUT2D eigenvalue weighted by Gasteiger charge is 2.52. The van der Waals surface area contributed by atoms with E-state index < -0.39 is 11.5 Å². The second-order valence-electron chi connectivity index (χ2n) is 13.7. The summed E-state index contributed by atoms with van der Waals surface area (Å²) in [5.74, 6) is 0.0508. The average Bonchev–Trinajstić information content (AvgIpc) is 3.50. The lowest BCUT2D eigenvalue weighted by Crippen LogP contribution is -2.26. The van der Waals surface area contributed by atoms with Crippen LogP contribution in [0, 0.1) is 41.5 Å². The van der Waals surface area contributed by atoms with Crippen LogP contribution in [0.25, 0.3) is 22.3 Å². The van der Waals surface area contributed by atoms with Crippen LogP contribution >= 0.6 is 0 Å². The molecule has 0 bridgehead atoms. The monoisotopic (exact) mass is 610 g/mol. The third-order valence-corrected chi connectivity index (χ3v) is 10.6. The Morgan fingerprint density at radius 3 is 1.57 bits per heavy atom. The molecule has 0 saturated carbocycles. The van der Waals surface area contributed by atoms with Crippen LogP contribution in [0.3, 0.4) is 0 Å². The number of rotatable bonds is 4. The first-order valence-electron chi connectivity index (χ1n) is 16.5. The summed E-state index contributed by atoms with van der Waals surface area (Å²) in [4.78, 5) is 14.3. The Morgan fingerprint density at radius 1 is 0.532 bits per heavy atom. The van der Waals surface area contributed by atoms with E-state index in [9.17, 15) is 9.90 Å². The highest BCUT2D eigenvalue weighted by molar-refractivity contribution is 6.11. The maximum absolute atomic E-state index is 14.3. The topological polar surface area (TPSA) is 37.3 Å². The zero-order valence-electron chi connectivity index (χ0n) is 27.8. The first kappa shape index (κ1) is 29.4. The number of carbonyl (C=O) groups is 1. The number of carbonyl (C=O) groups excluding carboxylic acids is 1. The Labute approximate surface area is 277 Å². The van der Waals surface area contributed by atoms with Crippen LogP contribution in [0.4, 0.5) is 0 Å². The highest BCUT2D eigenvalue weighted by atomic mass is 16.3. The van der Waals surface area contributed by atoms with Crippen molar-refractivity contribution in [1.29, 1.82) is 0 Å². The first-order valence-corrected chi connectivity index (χ1v) is 16.5. The number of fused-ring (bicyclic) bond motifs is 10. The Bertz CT molecular complexity index is 2250. The second-order valence-corrected chi connectivity index (χ2v) is 13.7. The molecule has 2 atom stereocenters. The van der Waals surface area contributed by atoms with Gasteiger partial charge in [0.2, 0.25) is 0 Å². The van der Waals surface area contributed by atoms with Crippen molar-refractivity contribution in [2.24, 2.45) is 0 Å². The zero-order chi connectivity index (χ0) is 32.8. The summed E-state index contributed by atoms with van der Waals surface area (Å²) in [6, 6.07) is 38.6. The lowest BCUT2D eigenvalue weighted by Gasteiger charge is -2.31. The van der Waals surface area contributed by atoms with Crippen molar-refractivity contribution in [3.05, 3.63) is 187 Å². The Kier molecular flexibility index (Phi) is 6.55. The summed E-state index contributed by atoms with van der Waals surface area (Å²) < 4.78 is 0. The van der Waals surface area contributed by atoms with E-state index in [4.69, 9.17) is 0 Å². The lowest BCUT2D eigenvalue weighted by atomic mass is 9.70. The van der Waals surface area contributed by atoms with Crippen LogP contribution in [0.5, 0.6) is 0 Å². The Hall–Kier alpha value is -5.05. The quantitative estimate of drug-likeness (QED) is 0.201. The number of ketones is 1. The molecule has 0 saturated heterocycles. The molecule has 8 rings (SSSR count). The smallest absolute Gasteiger partial charge is 0.193 e. The number of aryl methyl sites for hydroxylation is 6. The van der Waals surface area contributed by atoms with E-state index >= 15 is 0 Å². The van der Waals surface area contributed by atoms with Crippen LogP contribution < -0.4 is 0 Å². The van der Waals surface area contributed by atoms with Gasteiger partial charge in [-0.05, 0) is 125 Å². The largest absolute Gasteiger partial charge is 0.384 e. The van der Waals surface area contributed by atoms with Crippen LogP contribution in [0.1, 0.15) is 88.8 Å². The lowest BCUT2D eigenvalue weighted by molar-refractivity contribution is 0.103. The van der Waals surface area contributed by atoms with E-state index in [0.717, 1.165) is 61.2 Å². The maximum atomic E-state index is 14.3. The molecule has 2 heteroatoms. The average molecular weight is 611 g/mol. The summed E-state index contributed by atoms with van der Waals surface area (Å²) in [5.41, 5.74) is 18.6. The van der Waals surface area contributed by atoms with Gasteiger partial charge in [0.25, 0.3) is 0 Å². The highest BCUT2D eigenvalue weighted by Crippen LogP contribution is 2.63. The Balaban J connectivity index is 1.39. The third kappa shape index (κ3) is 4.11. The van der Waals surface area contributed by atoms with E-state index in [1.54, 1.807) is 0 Å². The molecular formula is C45H38O2. The zero-order valence-corrected chi connectivity index (χ0v) is 27.8. The van der Waals surface area contributed by atoms with Gasteiger partial charge in [-0.1, -0.05) is 114 Å². The predicted octanol–water partition coefficient (Wildman–Crippen LogP) is 10.2. The molecule has 2 aliphatic rings. The van der Waals surface area contributed by atoms with Crippen LogP contribution in [-0.2, 0) is 5.41 Å². The van der Waals surface area contributed by atoms with Gasteiger partial charge in [0.15, 0.2) is 5.78 Å². The van der Waals surface area contributed by atoms with Crippen LogP contribution in [0.15, 0.2) is 109 Å². The van der Waals surface area contributed by atoms with Gasteiger partial charge in [-0.2, -0.15) is 0 Å². The fourth-order valence-corrected chi connectivity index (χ4v) is 8.94. The molecule has 1 N–H and O–H groups in total. The summed E-state index contributed by atoms with van der Waals surface area (Å²) in [7, 11) is 0. The van der Waals surface area contributed by atoms with E-state index in [2.05, 4.69) is 131 Å². The van der Waals surface area contributed by atoms with Gasteiger partial charge in [-0.3, -0.25) is 4.79 Å². The van der Waals surface area contributed by atoms with Crippen LogP contribution in [0.2, 0.25) is 0 Å². The normalized spacial score (nSPS) is 16.1. The predicted molar refractivity (Wildman–Crippen MR) is 192 cm³/mol. The molecule has 0 heterocycles. The molecule has 230 valence electrons. The Morgan fingerprint density at radius 2 is 1.00 bits per heavy atom. The van der Waals surface area contributed by atoms with Crippen LogP contribution in [-0.4, -0.2) is 10.9 Å². The molecule has 6 aromatic rings. The first-order chi connectivity index (χ1) is 22.6. The van der Waals surface area contributed by atoms with E-state index in [1.165, 1.54) is 33.4 Å². The minimum atomic E-state index is -0.766. The minimum Gasteiger partial charge on any atom is -0.384 e. The van der Waals surface area contributed by atoms with E-state index in [1.807, 2.05) is 19.9 Å². The molecule has 0 fully saturated rings. The van der Waals surface area contributed by atoms with Gasteiger partial charge in [0.1, 0.15) is 6.10 Å². The molecular weight excluding hydrogens is 572 g/mol. The van der Waals surface area contributed by atoms with Crippen molar-refractivity contribution in [1.82, 2.24) is 0 Å². The third-order valence-electron chi connectivity index (χ3n) is 10.6. The van der Waals surface area contributed by atoms with Gasteiger partial charge in [0, 0.05) is 11.1 Å². The fraction of sp³-hybridized carbons (Fsp3) is 0.178. The standard InChI is InChI=1S/C45H38O2/c1-25-19-27(3)41(28(4)20-25)43(46)31-15-17-35-33-11-7-9-13-37(33)45(39(35)23-31)38-14-10-8-12-34(38)36-18-16-32(24-40(36)45)44(47)42-29(5)21-26(2)22-30(42)6/h7-24,43,46H,1-6H3. The van der Waals surface area contributed by atoms with Crippen molar-refractivity contribution < 1.29 is 9.90 Å².